The first kappa shape index (κ1) is 7.09. The highest BCUT2D eigenvalue weighted by molar-refractivity contribution is 5.35. The molecule has 0 amide bonds. The van der Waals surface area contributed by atoms with Crippen molar-refractivity contribution in [1.29, 1.82) is 0 Å². The van der Waals surface area contributed by atoms with E-state index in [0.29, 0.717) is 0 Å². The Bertz CT molecular complexity index is 197. The summed E-state index contributed by atoms with van der Waals surface area (Å²) in [6.45, 7) is 0.860. The number of hydrogen-bond donors (Lipinski definition) is 0. The molecule has 0 bridgehead atoms. The fourth-order valence-corrected chi connectivity index (χ4v) is 1.12. The van der Waals surface area contributed by atoms with Crippen molar-refractivity contribution in [1.82, 2.24) is 0 Å². The molecule has 1 aliphatic rings. The second-order valence-electron chi connectivity index (χ2n) is 2.21. The third-order valence-corrected chi connectivity index (χ3v) is 1.60. The Hall–Kier alpha value is -1.02. The number of para-hydroxylation sites is 1. The SMILES string of the molecule is O.c1ccc2c(c1)CCO2. The Morgan fingerprint density at radius 1 is 1.20 bits per heavy atom. The van der Waals surface area contributed by atoms with E-state index in [9.17, 15) is 0 Å². The molecular formula is C8H10O2. The molecule has 2 nitrogen and oxygen atoms in total. The minimum atomic E-state index is 0. The van der Waals surface area contributed by atoms with Gasteiger partial charge in [0.1, 0.15) is 5.75 Å². The highest BCUT2D eigenvalue weighted by Gasteiger charge is 2.08. The molecule has 0 aromatic heterocycles. The van der Waals surface area contributed by atoms with E-state index >= 15 is 0 Å². The van der Waals surface area contributed by atoms with Crippen LogP contribution in [0, 0.1) is 0 Å². The Balaban J connectivity index is 0.000000500. The van der Waals surface area contributed by atoms with E-state index in [1.165, 1.54) is 5.56 Å². The highest BCUT2D eigenvalue weighted by atomic mass is 16.5. The molecule has 1 heterocycles. The second-order valence-corrected chi connectivity index (χ2v) is 2.21. The molecule has 0 saturated heterocycles. The van der Waals surface area contributed by atoms with Crippen molar-refractivity contribution in [3.63, 3.8) is 0 Å². The van der Waals surface area contributed by atoms with Gasteiger partial charge in [0, 0.05) is 6.42 Å². The largest absolute Gasteiger partial charge is 0.493 e. The van der Waals surface area contributed by atoms with Crippen LogP contribution in [0.5, 0.6) is 5.75 Å². The average Bonchev–Trinajstić information content (AvgIpc) is 2.33. The van der Waals surface area contributed by atoms with Gasteiger partial charge in [-0.25, -0.2) is 0 Å². The topological polar surface area (TPSA) is 40.7 Å². The van der Waals surface area contributed by atoms with Gasteiger partial charge >= 0.3 is 0 Å². The minimum Gasteiger partial charge on any atom is -0.493 e. The van der Waals surface area contributed by atoms with E-state index in [0.717, 1.165) is 18.8 Å². The number of benzene rings is 1. The number of hydrogen-bond acceptors (Lipinski definition) is 1. The zero-order chi connectivity index (χ0) is 6.10. The lowest BCUT2D eigenvalue weighted by Gasteiger charge is -1.93. The molecule has 2 rings (SSSR count). The summed E-state index contributed by atoms with van der Waals surface area (Å²) in [4.78, 5) is 0. The van der Waals surface area contributed by atoms with Crippen LogP contribution in [0.3, 0.4) is 0 Å². The quantitative estimate of drug-likeness (QED) is 0.522. The smallest absolute Gasteiger partial charge is 0.122 e. The zero-order valence-electron chi connectivity index (χ0n) is 5.63. The maximum Gasteiger partial charge on any atom is 0.122 e. The van der Waals surface area contributed by atoms with Crippen molar-refractivity contribution >= 4 is 0 Å². The second kappa shape index (κ2) is 2.71. The van der Waals surface area contributed by atoms with Crippen LogP contribution in [0.2, 0.25) is 0 Å². The summed E-state index contributed by atoms with van der Waals surface area (Å²) < 4.78 is 5.30. The summed E-state index contributed by atoms with van der Waals surface area (Å²) in [5.41, 5.74) is 1.34. The Kier molecular flexibility index (Phi) is 1.92. The summed E-state index contributed by atoms with van der Waals surface area (Å²) in [7, 11) is 0. The molecule has 0 saturated carbocycles. The lowest BCUT2D eigenvalue weighted by molar-refractivity contribution is 0.357. The fraction of sp³-hybridized carbons (Fsp3) is 0.250. The van der Waals surface area contributed by atoms with E-state index in [1.54, 1.807) is 0 Å². The van der Waals surface area contributed by atoms with Gasteiger partial charge in [0.15, 0.2) is 0 Å². The van der Waals surface area contributed by atoms with Gasteiger partial charge in [0.2, 0.25) is 0 Å². The molecular weight excluding hydrogens is 128 g/mol. The van der Waals surface area contributed by atoms with Crippen LogP contribution in [0.25, 0.3) is 0 Å². The van der Waals surface area contributed by atoms with Gasteiger partial charge in [-0.2, -0.15) is 0 Å². The van der Waals surface area contributed by atoms with Gasteiger partial charge in [-0.15, -0.1) is 0 Å². The first-order chi connectivity index (χ1) is 4.47. The van der Waals surface area contributed by atoms with E-state index < -0.39 is 0 Å². The maximum atomic E-state index is 5.30. The molecule has 1 aliphatic heterocycles. The van der Waals surface area contributed by atoms with Gasteiger partial charge < -0.3 is 10.2 Å². The first-order valence-electron chi connectivity index (χ1n) is 3.17. The molecule has 2 heteroatoms. The Labute approximate surface area is 59.7 Å². The first-order valence-corrected chi connectivity index (χ1v) is 3.17. The zero-order valence-corrected chi connectivity index (χ0v) is 5.63. The summed E-state index contributed by atoms with van der Waals surface area (Å²) in [5.74, 6) is 1.07. The minimum absolute atomic E-state index is 0. The fourth-order valence-electron chi connectivity index (χ4n) is 1.12. The van der Waals surface area contributed by atoms with E-state index in [1.807, 2.05) is 18.2 Å². The predicted octanol–water partition coefficient (Wildman–Crippen LogP) is 0.797. The molecule has 10 heavy (non-hydrogen) atoms. The summed E-state index contributed by atoms with van der Waals surface area (Å²) in [6.07, 6.45) is 1.08. The van der Waals surface area contributed by atoms with E-state index in [4.69, 9.17) is 4.74 Å². The van der Waals surface area contributed by atoms with Crippen LogP contribution >= 0.6 is 0 Å². The lowest BCUT2D eigenvalue weighted by Crippen LogP contribution is -1.85. The average molecular weight is 138 g/mol. The number of fused-ring (bicyclic) bond motifs is 1. The van der Waals surface area contributed by atoms with Crippen molar-refractivity contribution in [2.75, 3.05) is 6.61 Å². The van der Waals surface area contributed by atoms with Crippen LogP contribution in [0.15, 0.2) is 24.3 Å². The van der Waals surface area contributed by atoms with Crippen molar-refractivity contribution < 1.29 is 10.2 Å². The van der Waals surface area contributed by atoms with Crippen LogP contribution in [0.1, 0.15) is 5.56 Å². The molecule has 0 aliphatic carbocycles. The molecule has 1 aromatic carbocycles. The van der Waals surface area contributed by atoms with Crippen LogP contribution in [0.4, 0.5) is 0 Å². The monoisotopic (exact) mass is 138 g/mol. The van der Waals surface area contributed by atoms with Gasteiger partial charge in [0.05, 0.1) is 6.61 Å². The van der Waals surface area contributed by atoms with Gasteiger partial charge in [-0.05, 0) is 11.6 Å². The van der Waals surface area contributed by atoms with Crippen LogP contribution < -0.4 is 4.74 Å². The molecule has 0 spiro atoms. The molecule has 0 atom stereocenters. The van der Waals surface area contributed by atoms with Crippen LogP contribution in [-0.2, 0) is 6.42 Å². The number of rotatable bonds is 0. The van der Waals surface area contributed by atoms with Gasteiger partial charge in [0.25, 0.3) is 0 Å². The molecule has 0 fully saturated rings. The highest BCUT2D eigenvalue weighted by Crippen LogP contribution is 2.23. The van der Waals surface area contributed by atoms with Gasteiger partial charge in [-0.1, -0.05) is 18.2 Å². The summed E-state index contributed by atoms with van der Waals surface area (Å²) >= 11 is 0. The number of ether oxygens (including phenoxy) is 1. The van der Waals surface area contributed by atoms with Crippen molar-refractivity contribution in [2.24, 2.45) is 0 Å². The Morgan fingerprint density at radius 2 is 2.00 bits per heavy atom. The summed E-state index contributed by atoms with van der Waals surface area (Å²) in [5, 5.41) is 0. The van der Waals surface area contributed by atoms with Crippen molar-refractivity contribution in [3.05, 3.63) is 29.8 Å². The third kappa shape index (κ3) is 0.977. The third-order valence-electron chi connectivity index (χ3n) is 1.60. The molecule has 54 valence electrons. The molecule has 2 N–H and O–H groups in total. The standard InChI is InChI=1S/C8H8O.H2O/c1-2-4-8-7(3-1)5-6-9-8;/h1-4H,5-6H2;1H2. The lowest BCUT2D eigenvalue weighted by atomic mass is 10.2. The normalized spacial score (nSPS) is 13.2. The van der Waals surface area contributed by atoms with Crippen LogP contribution in [-0.4, -0.2) is 12.1 Å². The Morgan fingerprint density at radius 3 is 2.80 bits per heavy atom. The van der Waals surface area contributed by atoms with E-state index in [2.05, 4.69) is 6.07 Å². The molecule has 0 radical (unpaired) electrons. The van der Waals surface area contributed by atoms with Crippen molar-refractivity contribution in [2.45, 2.75) is 6.42 Å². The van der Waals surface area contributed by atoms with Crippen molar-refractivity contribution in [3.8, 4) is 5.75 Å². The maximum absolute atomic E-state index is 5.30. The van der Waals surface area contributed by atoms with Gasteiger partial charge in [-0.3, -0.25) is 0 Å². The molecule has 0 unspecified atom stereocenters. The van der Waals surface area contributed by atoms with E-state index in [-0.39, 0.29) is 5.48 Å². The summed E-state index contributed by atoms with van der Waals surface area (Å²) in [6, 6.07) is 8.18. The predicted molar refractivity (Wildman–Crippen MR) is 39.3 cm³/mol. The molecule has 1 aromatic rings.